The predicted molar refractivity (Wildman–Crippen MR) is 108 cm³/mol. The summed E-state index contributed by atoms with van der Waals surface area (Å²) in [4.78, 5) is 11.0. The Balaban J connectivity index is 1.72. The third-order valence-electron chi connectivity index (χ3n) is 4.76. The molecule has 1 aliphatic rings. The van der Waals surface area contributed by atoms with Gasteiger partial charge < -0.3 is 9.47 Å². The number of carbonyl (C=O) groups excluding carboxylic acids is 1. The SMILES string of the molecule is CCc1ccc(Cc2cc([C@@H]3CC=C[C@H](COC(C)=O)O3)ccc2Cl)cc1. The molecule has 1 heterocycles. The molecule has 2 aromatic rings. The van der Waals surface area contributed by atoms with Crippen molar-refractivity contribution in [3.05, 3.63) is 81.9 Å². The normalized spacial score (nSPS) is 19.1. The molecule has 2 aromatic carbocycles. The molecule has 4 heteroatoms. The minimum Gasteiger partial charge on any atom is -0.463 e. The minimum atomic E-state index is -0.294. The monoisotopic (exact) mass is 384 g/mol. The van der Waals surface area contributed by atoms with Crippen molar-refractivity contribution in [3.8, 4) is 0 Å². The maximum absolute atomic E-state index is 11.0. The second-order valence-corrected chi connectivity index (χ2v) is 7.23. The van der Waals surface area contributed by atoms with Gasteiger partial charge in [0.2, 0.25) is 0 Å². The standard InChI is InChI=1S/C23H25ClO3/c1-3-17-7-9-18(10-8-17)13-20-14-19(11-12-22(20)24)23-6-4-5-21(27-23)15-26-16(2)25/h4-5,7-12,14,21,23H,3,6,13,15H2,1-2H3/t21-,23+/m1/s1. The highest BCUT2D eigenvalue weighted by Gasteiger charge is 2.21. The number of benzene rings is 2. The molecule has 3 nitrogen and oxygen atoms in total. The lowest BCUT2D eigenvalue weighted by Crippen LogP contribution is -2.24. The van der Waals surface area contributed by atoms with E-state index in [4.69, 9.17) is 21.1 Å². The third-order valence-corrected chi connectivity index (χ3v) is 5.13. The van der Waals surface area contributed by atoms with Gasteiger partial charge in [-0.2, -0.15) is 0 Å². The fourth-order valence-corrected chi connectivity index (χ4v) is 3.40. The number of esters is 1. The summed E-state index contributed by atoms with van der Waals surface area (Å²) in [6.45, 7) is 3.80. The Morgan fingerprint density at radius 1 is 1.19 bits per heavy atom. The van der Waals surface area contributed by atoms with Crippen LogP contribution >= 0.6 is 11.6 Å². The highest BCUT2D eigenvalue weighted by Crippen LogP contribution is 2.31. The van der Waals surface area contributed by atoms with E-state index in [1.54, 1.807) is 0 Å². The Kier molecular flexibility index (Phi) is 6.70. The number of halogens is 1. The molecule has 0 aliphatic carbocycles. The fourth-order valence-electron chi connectivity index (χ4n) is 3.22. The van der Waals surface area contributed by atoms with Gasteiger partial charge in [-0.1, -0.05) is 67.1 Å². The molecule has 0 amide bonds. The van der Waals surface area contributed by atoms with E-state index in [1.165, 1.54) is 18.1 Å². The number of hydrogen-bond donors (Lipinski definition) is 0. The molecule has 0 radical (unpaired) electrons. The summed E-state index contributed by atoms with van der Waals surface area (Å²) in [5.74, 6) is -0.294. The van der Waals surface area contributed by atoms with Crippen molar-refractivity contribution >= 4 is 17.6 Å². The van der Waals surface area contributed by atoms with Crippen LogP contribution in [0.15, 0.2) is 54.6 Å². The Morgan fingerprint density at radius 2 is 1.93 bits per heavy atom. The molecule has 3 rings (SSSR count). The topological polar surface area (TPSA) is 35.5 Å². The number of hydrogen-bond acceptors (Lipinski definition) is 3. The van der Waals surface area contributed by atoms with Crippen molar-refractivity contribution < 1.29 is 14.3 Å². The summed E-state index contributed by atoms with van der Waals surface area (Å²) < 4.78 is 11.2. The first-order valence-electron chi connectivity index (χ1n) is 9.36. The minimum absolute atomic E-state index is 0.0611. The van der Waals surface area contributed by atoms with E-state index >= 15 is 0 Å². The first-order chi connectivity index (χ1) is 13.0. The summed E-state index contributed by atoms with van der Waals surface area (Å²) in [7, 11) is 0. The van der Waals surface area contributed by atoms with Crippen LogP contribution in [0.4, 0.5) is 0 Å². The largest absolute Gasteiger partial charge is 0.463 e. The third kappa shape index (κ3) is 5.44. The van der Waals surface area contributed by atoms with Gasteiger partial charge in [-0.25, -0.2) is 0 Å². The molecule has 0 saturated carbocycles. The van der Waals surface area contributed by atoms with Gasteiger partial charge in [0, 0.05) is 11.9 Å². The first-order valence-corrected chi connectivity index (χ1v) is 9.74. The average Bonchev–Trinajstić information content (AvgIpc) is 2.69. The number of carbonyl (C=O) groups is 1. The van der Waals surface area contributed by atoms with Gasteiger partial charge in [0.25, 0.3) is 0 Å². The average molecular weight is 385 g/mol. The van der Waals surface area contributed by atoms with E-state index in [2.05, 4.69) is 43.3 Å². The van der Waals surface area contributed by atoms with Gasteiger partial charge in [0.1, 0.15) is 12.7 Å². The van der Waals surface area contributed by atoms with E-state index in [-0.39, 0.29) is 24.8 Å². The van der Waals surface area contributed by atoms with Gasteiger partial charge in [-0.05, 0) is 47.6 Å². The number of ether oxygens (including phenoxy) is 2. The summed E-state index contributed by atoms with van der Waals surface area (Å²) in [5.41, 5.74) is 4.76. The Bertz CT molecular complexity index is 811. The summed E-state index contributed by atoms with van der Waals surface area (Å²) in [6, 6.07) is 14.7. The molecule has 1 aliphatic heterocycles. The molecule has 27 heavy (non-hydrogen) atoms. The van der Waals surface area contributed by atoms with Gasteiger partial charge in [0.05, 0.1) is 6.10 Å². The zero-order valence-corrected chi connectivity index (χ0v) is 16.5. The molecule has 0 N–H and O–H groups in total. The van der Waals surface area contributed by atoms with E-state index in [0.29, 0.717) is 0 Å². The predicted octanol–water partition coefficient (Wildman–Crippen LogP) is 5.44. The number of rotatable bonds is 6. The van der Waals surface area contributed by atoms with Crippen LogP contribution in [0.2, 0.25) is 5.02 Å². The summed E-state index contributed by atoms with van der Waals surface area (Å²) >= 11 is 6.44. The second-order valence-electron chi connectivity index (χ2n) is 6.83. The van der Waals surface area contributed by atoms with E-state index in [0.717, 1.165) is 35.4 Å². The molecule has 2 atom stereocenters. The summed E-state index contributed by atoms with van der Waals surface area (Å²) in [6.07, 6.45) is 6.38. The zero-order chi connectivity index (χ0) is 19.2. The van der Waals surface area contributed by atoms with Crippen LogP contribution in [0.3, 0.4) is 0 Å². The highest BCUT2D eigenvalue weighted by molar-refractivity contribution is 6.31. The van der Waals surface area contributed by atoms with Crippen LogP contribution < -0.4 is 0 Å². The van der Waals surface area contributed by atoms with Crippen LogP contribution in [-0.4, -0.2) is 18.7 Å². The lowest BCUT2D eigenvalue weighted by atomic mass is 9.97. The Hall–Kier alpha value is -2.10. The van der Waals surface area contributed by atoms with E-state index < -0.39 is 0 Å². The highest BCUT2D eigenvalue weighted by atomic mass is 35.5. The van der Waals surface area contributed by atoms with Crippen molar-refractivity contribution in [2.45, 2.75) is 45.3 Å². The lowest BCUT2D eigenvalue weighted by molar-refractivity contribution is -0.145. The Morgan fingerprint density at radius 3 is 2.63 bits per heavy atom. The first kappa shape index (κ1) is 19.7. The van der Waals surface area contributed by atoms with Crippen LogP contribution in [0.5, 0.6) is 0 Å². The van der Waals surface area contributed by atoms with Gasteiger partial charge >= 0.3 is 5.97 Å². The molecule has 0 fully saturated rings. The molecule has 0 unspecified atom stereocenters. The zero-order valence-electron chi connectivity index (χ0n) is 15.8. The van der Waals surface area contributed by atoms with Crippen molar-refractivity contribution in [2.24, 2.45) is 0 Å². The lowest BCUT2D eigenvalue weighted by Gasteiger charge is -2.26. The van der Waals surface area contributed by atoms with E-state index in [1.807, 2.05) is 18.2 Å². The molecule has 0 aromatic heterocycles. The molecule has 0 bridgehead atoms. The van der Waals surface area contributed by atoms with Gasteiger partial charge in [-0.3, -0.25) is 4.79 Å². The molecule has 0 saturated heterocycles. The molecule has 142 valence electrons. The quantitative estimate of drug-likeness (QED) is 0.491. The van der Waals surface area contributed by atoms with Crippen LogP contribution in [0.25, 0.3) is 0 Å². The molecular formula is C23H25ClO3. The smallest absolute Gasteiger partial charge is 0.302 e. The molecular weight excluding hydrogens is 360 g/mol. The van der Waals surface area contributed by atoms with Crippen LogP contribution in [0, 0.1) is 0 Å². The molecule has 0 spiro atoms. The van der Waals surface area contributed by atoms with E-state index in [9.17, 15) is 4.79 Å². The van der Waals surface area contributed by atoms with Crippen LogP contribution in [0.1, 0.15) is 48.6 Å². The fraction of sp³-hybridized carbons (Fsp3) is 0.348. The maximum atomic E-state index is 11.0. The van der Waals surface area contributed by atoms with Crippen LogP contribution in [-0.2, 0) is 27.1 Å². The Labute approximate surface area is 165 Å². The number of aryl methyl sites for hydroxylation is 1. The summed E-state index contributed by atoms with van der Waals surface area (Å²) in [5, 5.41) is 0.765. The van der Waals surface area contributed by atoms with Crippen molar-refractivity contribution in [3.63, 3.8) is 0 Å². The van der Waals surface area contributed by atoms with Crippen molar-refractivity contribution in [1.29, 1.82) is 0 Å². The van der Waals surface area contributed by atoms with Crippen molar-refractivity contribution in [2.75, 3.05) is 6.61 Å². The van der Waals surface area contributed by atoms with Gasteiger partial charge in [0.15, 0.2) is 0 Å². The second kappa shape index (κ2) is 9.20. The van der Waals surface area contributed by atoms with Gasteiger partial charge in [-0.15, -0.1) is 0 Å². The van der Waals surface area contributed by atoms with Crippen molar-refractivity contribution in [1.82, 2.24) is 0 Å². The maximum Gasteiger partial charge on any atom is 0.302 e.